The number of anilines is 1. The second-order valence-corrected chi connectivity index (χ2v) is 6.00. The van der Waals surface area contributed by atoms with Gasteiger partial charge in [0.25, 0.3) is 5.91 Å². The molecular weight excluding hydrogens is 276 g/mol. The Morgan fingerprint density at radius 3 is 2.91 bits per heavy atom. The number of hydrogen-bond donors (Lipinski definition) is 0. The summed E-state index contributed by atoms with van der Waals surface area (Å²) in [5.74, 6) is 0.913. The van der Waals surface area contributed by atoms with Crippen LogP contribution in [-0.2, 0) is 0 Å². The van der Waals surface area contributed by atoms with Crippen LogP contribution in [0.15, 0.2) is 48.9 Å². The Kier molecular flexibility index (Phi) is 2.82. The van der Waals surface area contributed by atoms with Gasteiger partial charge in [-0.05, 0) is 38.5 Å². The number of rotatable bonds is 1. The maximum atomic E-state index is 13.0. The second-order valence-electron chi connectivity index (χ2n) is 6.00. The minimum atomic E-state index is 0.0323. The minimum absolute atomic E-state index is 0.0323. The minimum Gasteiger partial charge on any atom is -0.323 e. The third kappa shape index (κ3) is 1.85. The van der Waals surface area contributed by atoms with Crippen molar-refractivity contribution in [3.8, 4) is 0 Å². The number of carbonyl (C=O) groups excluding carboxylic acids is 1. The molecule has 1 aliphatic rings. The highest BCUT2D eigenvalue weighted by Gasteiger charge is 2.33. The number of amides is 1. The van der Waals surface area contributed by atoms with Crippen molar-refractivity contribution in [3.63, 3.8) is 0 Å². The van der Waals surface area contributed by atoms with Crippen LogP contribution in [0.25, 0.3) is 5.52 Å². The average molecular weight is 294 g/mol. The molecule has 0 bridgehead atoms. The van der Waals surface area contributed by atoms with Gasteiger partial charge in [-0.3, -0.25) is 9.69 Å². The van der Waals surface area contributed by atoms with Crippen LogP contribution in [0.4, 0.5) is 5.82 Å². The van der Waals surface area contributed by atoms with E-state index in [4.69, 9.17) is 0 Å². The molecule has 0 aliphatic carbocycles. The number of pyridine rings is 1. The van der Waals surface area contributed by atoms with Crippen LogP contribution in [0, 0.1) is 0 Å². The van der Waals surface area contributed by atoms with Crippen molar-refractivity contribution in [1.29, 1.82) is 0 Å². The van der Waals surface area contributed by atoms with E-state index in [1.54, 1.807) is 6.20 Å². The Bertz CT molecular complexity index is 814. The summed E-state index contributed by atoms with van der Waals surface area (Å²) >= 11 is 0. The van der Waals surface area contributed by atoms with E-state index in [0.717, 1.165) is 17.8 Å². The maximum Gasteiger partial charge on any atom is 0.261 e. The Morgan fingerprint density at radius 1 is 1.23 bits per heavy atom. The summed E-state index contributed by atoms with van der Waals surface area (Å²) in [6, 6.07) is 10.3. The summed E-state index contributed by atoms with van der Waals surface area (Å²) in [5, 5.41) is 4.36. The molecule has 0 aromatic carbocycles. The maximum absolute atomic E-state index is 13.0. The lowest BCUT2D eigenvalue weighted by Gasteiger charge is -2.36. The summed E-state index contributed by atoms with van der Waals surface area (Å²) in [6.07, 6.45) is 6.52. The quantitative estimate of drug-likeness (QED) is 0.692. The zero-order valence-electron chi connectivity index (χ0n) is 12.7. The van der Waals surface area contributed by atoms with Crippen LogP contribution < -0.4 is 4.90 Å². The van der Waals surface area contributed by atoms with Crippen LogP contribution in [-0.4, -0.2) is 26.1 Å². The first-order valence-corrected chi connectivity index (χ1v) is 7.59. The van der Waals surface area contributed by atoms with Gasteiger partial charge in [-0.25, -0.2) is 4.68 Å². The highest BCUT2D eigenvalue weighted by atomic mass is 16.2. The summed E-state index contributed by atoms with van der Waals surface area (Å²) < 4.78 is 3.91. The smallest absolute Gasteiger partial charge is 0.261 e. The van der Waals surface area contributed by atoms with Crippen LogP contribution >= 0.6 is 0 Å². The van der Waals surface area contributed by atoms with E-state index in [1.165, 1.54) is 0 Å². The fraction of sp³-hybridized carbons (Fsp3) is 0.294. The Balaban J connectivity index is 1.77. The predicted octanol–water partition coefficient (Wildman–Crippen LogP) is 3.14. The lowest BCUT2D eigenvalue weighted by atomic mass is 10.0. The van der Waals surface area contributed by atoms with Gasteiger partial charge < -0.3 is 4.40 Å². The van der Waals surface area contributed by atoms with Crippen molar-refractivity contribution >= 4 is 17.2 Å². The van der Waals surface area contributed by atoms with E-state index in [-0.39, 0.29) is 11.9 Å². The number of aromatic nitrogens is 3. The molecule has 0 radical (unpaired) electrons. The lowest BCUT2D eigenvalue weighted by Crippen LogP contribution is -2.44. The van der Waals surface area contributed by atoms with E-state index in [0.29, 0.717) is 11.6 Å². The van der Waals surface area contributed by atoms with E-state index >= 15 is 0 Å². The molecule has 3 aromatic rings. The fourth-order valence-corrected chi connectivity index (χ4v) is 3.38. The van der Waals surface area contributed by atoms with Gasteiger partial charge in [0.15, 0.2) is 0 Å². The Hall–Kier alpha value is -2.56. The van der Waals surface area contributed by atoms with Crippen molar-refractivity contribution in [1.82, 2.24) is 14.2 Å². The number of fused-ring (bicyclic) bond motifs is 2. The fourth-order valence-electron chi connectivity index (χ4n) is 3.38. The molecule has 0 saturated heterocycles. The first-order chi connectivity index (χ1) is 10.6. The van der Waals surface area contributed by atoms with Gasteiger partial charge in [-0.1, -0.05) is 6.07 Å². The molecule has 2 atom stereocenters. The third-order valence-corrected chi connectivity index (χ3v) is 4.41. The SMILES string of the molecule is C[C@@H]1C[C@H](C)N(C(=O)c2cc3ccccn3c2)c2ccnn21. The van der Waals surface area contributed by atoms with Gasteiger partial charge in [0.05, 0.1) is 17.8 Å². The topological polar surface area (TPSA) is 42.5 Å². The van der Waals surface area contributed by atoms with Crippen LogP contribution in [0.2, 0.25) is 0 Å². The van der Waals surface area contributed by atoms with Crippen LogP contribution in [0.1, 0.15) is 36.7 Å². The highest BCUT2D eigenvalue weighted by Crippen LogP contribution is 2.32. The van der Waals surface area contributed by atoms with Crippen molar-refractivity contribution in [2.45, 2.75) is 32.4 Å². The zero-order valence-corrected chi connectivity index (χ0v) is 12.7. The van der Waals surface area contributed by atoms with Crippen LogP contribution in [0.3, 0.4) is 0 Å². The number of hydrogen-bond acceptors (Lipinski definition) is 2. The summed E-state index contributed by atoms with van der Waals surface area (Å²) in [4.78, 5) is 14.9. The van der Waals surface area contributed by atoms with Gasteiger partial charge in [-0.2, -0.15) is 5.10 Å². The van der Waals surface area contributed by atoms with E-state index in [1.807, 2.05) is 56.7 Å². The number of carbonyl (C=O) groups is 1. The molecule has 1 amide bonds. The van der Waals surface area contributed by atoms with E-state index < -0.39 is 0 Å². The van der Waals surface area contributed by atoms with Gasteiger partial charge in [0.2, 0.25) is 0 Å². The summed E-state index contributed by atoms with van der Waals surface area (Å²) in [6.45, 7) is 4.24. The van der Waals surface area contributed by atoms with Crippen molar-refractivity contribution in [2.75, 3.05) is 4.90 Å². The molecule has 4 rings (SSSR count). The zero-order chi connectivity index (χ0) is 15.3. The van der Waals surface area contributed by atoms with Gasteiger partial charge in [0, 0.05) is 30.0 Å². The predicted molar refractivity (Wildman–Crippen MR) is 85.2 cm³/mol. The molecule has 4 heterocycles. The molecule has 112 valence electrons. The number of nitrogens with zero attached hydrogens (tertiary/aromatic N) is 4. The first kappa shape index (κ1) is 13.1. The lowest BCUT2D eigenvalue weighted by molar-refractivity contribution is 0.0967. The second kappa shape index (κ2) is 4.73. The van der Waals surface area contributed by atoms with Gasteiger partial charge in [-0.15, -0.1) is 0 Å². The van der Waals surface area contributed by atoms with E-state index in [2.05, 4.69) is 18.9 Å². The van der Waals surface area contributed by atoms with Crippen LogP contribution in [0.5, 0.6) is 0 Å². The molecule has 22 heavy (non-hydrogen) atoms. The molecule has 5 nitrogen and oxygen atoms in total. The Labute approximate surface area is 128 Å². The molecule has 0 saturated carbocycles. The standard InChI is InChI=1S/C17H18N4O/c1-12-9-13(2)21-16(6-7-18-21)20(12)17(22)14-10-15-5-3-4-8-19(15)11-14/h3-8,10-13H,9H2,1-2H3/t12-,13+/m0/s1. The van der Waals surface area contributed by atoms with E-state index in [9.17, 15) is 4.79 Å². The van der Waals surface area contributed by atoms with Gasteiger partial charge >= 0.3 is 0 Å². The van der Waals surface area contributed by atoms with Gasteiger partial charge in [0.1, 0.15) is 5.82 Å². The summed E-state index contributed by atoms with van der Waals surface area (Å²) in [7, 11) is 0. The normalized spacial score (nSPS) is 21.1. The van der Waals surface area contributed by atoms with Crippen molar-refractivity contribution in [2.24, 2.45) is 0 Å². The molecule has 0 fully saturated rings. The third-order valence-electron chi connectivity index (χ3n) is 4.41. The summed E-state index contributed by atoms with van der Waals surface area (Å²) in [5.41, 5.74) is 1.73. The van der Waals surface area contributed by atoms with Crippen molar-refractivity contribution < 1.29 is 4.79 Å². The average Bonchev–Trinajstić information content (AvgIpc) is 3.13. The molecular formula is C17H18N4O. The van der Waals surface area contributed by atoms with Crippen molar-refractivity contribution in [3.05, 3.63) is 54.5 Å². The highest BCUT2D eigenvalue weighted by molar-refractivity contribution is 6.07. The molecule has 1 aliphatic heterocycles. The molecule has 3 aromatic heterocycles. The molecule has 5 heteroatoms. The largest absolute Gasteiger partial charge is 0.323 e. The first-order valence-electron chi connectivity index (χ1n) is 7.59. The molecule has 0 spiro atoms. The monoisotopic (exact) mass is 294 g/mol. The Morgan fingerprint density at radius 2 is 2.09 bits per heavy atom. The molecule has 0 unspecified atom stereocenters. The molecule has 0 N–H and O–H groups in total.